The van der Waals surface area contributed by atoms with E-state index in [1.165, 1.54) is 12.1 Å². The number of aryl methyl sites for hydroxylation is 1. The molecular formula is C16H12FN3O2. The minimum Gasteiger partial charge on any atom is -0.401 e. The molecule has 3 rings (SSSR count). The first-order chi connectivity index (χ1) is 10.6. The topological polar surface area (TPSA) is 63.1 Å². The molecule has 0 saturated heterocycles. The van der Waals surface area contributed by atoms with E-state index in [4.69, 9.17) is 4.74 Å². The van der Waals surface area contributed by atoms with E-state index < -0.39 is 5.97 Å². The minimum absolute atomic E-state index is 0.0826. The number of carbonyl (C=O) groups is 1. The second-order valence-corrected chi connectivity index (χ2v) is 4.68. The monoisotopic (exact) mass is 297 g/mol. The number of rotatable bonds is 3. The third-order valence-corrected chi connectivity index (χ3v) is 3.05. The van der Waals surface area contributed by atoms with Crippen LogP contribution in [-0.2, 0) is 9.53 Å². The molecule has 0 aliphatic carbocycles. The Kier molecular flexibility index (Phi) is 3.65. The van der Waals surface area contributed by atoms with Crippen molar-refractivity contribution in [3.8, 4) is 0 Å². The highest BCUT2D eigenvalue weighted by Crippen LogP contribution is 2.15. The average molecular weight is 297 g/mol. The number of benzene rings is 2. The molecule has 1 aliphatic heterocycles. The maximum atomic E-state index is 13.2. The summed E-state index contributed by atoms with van der Waals surface area (Å²) in [7, 11) is 0. The lowest BCUT2D eigenvalue weighted by Gasteiger charge is -2.02. The molecule has 1 N–H and O–H groups in total. The molecule has 0 fully saturated rings. The zero-order valence-corrected chi connectivity index (χ0v) is 11.7. The van der Waals surface area contributed by atoms with Crippen molar-refractivity contribution in [1.82, 2.24) is 0 Å². The summed E-state index contributed by atoms with van der Waals surface area (Å²) in [5, 5.41) is 3.90. The molecule has 0 atom stereocenters. The number of nitrogens with zero attached hydrogens (tertiary/aromatic N) is 2. The van der Waals surface area contributed by atoms with Crippen LogP contribution in [0.3, 0.4) is 0 Å². The lowest BCUT2D eigenvalue weighted by atomic mass is 10.2. The van der Waals surface area contributed by atoms with Crippen molar-refractivity contribution in [2.75, 3.05) is 5.43 Å². The number of nitrogens with one attached hydrogen (secondary N) is 1. The molecule has 1 heterocycles. The van der Waals surface area contributed by atoms with E-state index in [1.807, 2.05) is 18.2 Å². The molecule has 0 radical (unpaired) electrons. The number of amidine groups is 1. The van der Waals surface area contributed by atoms with Crippen LogP contribution in [0.15, 0.2) is 58.6 Å². The van der Waals surface area contributed by atoms with Gasteiger partial charge in [0.05, 0.1) is 5.69 Å². The Morgan fingerprint density at radius 2 is 1.95 bits per heavy atom. The summed E-state index contributed by atoms with van der Waals surface area (Å²) in [5.41, 5.74) is 4.40. The summed E-state index contributed by atoms with van der Waals surface area (Å²) in [6, 6.07) is 13.5. The molecule has 0 spiro atoms. The minimum atomic E-state index is -0.634. The molecule has 0 amide bonds. The molecule has 2 aromatic rings. The van der Waals surface area contributed by atoms with Crippen molar-refractivity contribution < 1.29 is 13.9 Å². The highest BCUT2D eigenvalue weighted by atomic mass is 19.1. The first-order valence-electron chi connectivity index (χ1n) is 6.59. The van der Waals surface area contributed by atoms with Gasteiger partial charge in [-0.05, 0) is 42.8 Å². The maximum absolute atomic E-state index is 13.2. The normalized spacial score (nSPS) is 15.6. The number of esters is 1. The van der Waals surface area contributed by atoms with Crippen LogP contribution in [0.1, 0.15) is 11.1 Å². The van der Waals surface area contributed by atoms with Crippen molar-refractivity contribution in [2.45, 2.75) is 6.92 Å². The fourth-order valence-electron chi connectivity index (χ4n) is 1.90. The summed E-state index contributed by atoms with van der Waals surface area (Å²) >= 11 is 0. The van der Waals surface area contributed by atoms with Gasteiger partial charge in [-0.3, -0.25) is 5.43 Å². The number of hydrazone groups is 1. The van der Waals surface area contributed by atoms with Crippen LogP contribution in [0.5, 0.6) is 0 Å². The lowest BCUT2D eigenvalue weighted by Crippen LogP contribution is -2.11. The molecule has 2 aromatic carbocycles. The predicted molar refractivity (Wildman–Crippen MR) is 81.3 cm³/mol. The molecule has 0 unspecified atom stereocenters. The zero-order valence-electron chi connectivity index (χ0n) is 11.7. The largest absolute Gasteiger partial charge is 0.401 e. The lowest BCUT2D eigenvalue weighted by molar-refractivity contribution is -0.127. The van der Waals surface area contributed by atoms with E-state index in [0.717, 1.165) is 0 Å². The van der Waals surface area contributed by atoms with Crippen LogP contribution in [0.2, 0.25) is 0 Å². The highest BCUT2D eigenvalue weighted by Gasteiger charge is 2.25. The average Bonchev–Trinajstić information content (AvgIpc) is 2.90. The van der Waals surface area contributed by atoms with Crippen molar-refractivity contribution >= 4 is 23.4 Å². The Bertz CT molecular complexity index is 785. The van der Waals surface area contributed by atoms with Gasteiger partial charge >= 0.3 is 5.97 Å². The number of hydrogen-bond donors (Lipinski definition) is 1. The summed E-state index contributed by atoms with van der Waals surface area (Å²) in [4.78, 5) is 15.8. The van der Waals surface area contributed by atoms with Gasteiger partial charge in [0.25, 0.3) is 5.84 Å². The molecule has 5 nitrogen and oxygen atoms in total. The third kappa shape index (κ3) is 2.85. The second kappa shape index (κ2) is 5.77. The molecule has 1 aliphatic rings. The number of cyclic esters (lactones) is 1. The SMILES string of the molecule is Cc1cc(N/N=C2/N=C(c3ccccc3)OC2=O)ccc1F. The highest BCUT2D eigenvalue weighted by molar-refractivity contribution is 6.43. The molecule has 0 aromatic heterocycles. The van der Waals surface area contributed by atoms with Gasteiger partial charge in [-0.1, -0.05) is 18.2 Å². The van der Waals surface area contributed by atoms with E-state index in [-0.39, 0.29) is 17.6 Å². The van der Waals surface area contributed by atoms with Crippen molar-refractivity contribution in [2.24, 2.45) is 10.1 Å². The number of ether oxygens (including phenoxy) is 1. The molecular weight excluding hydrogens is 285 g/mol. The number of aliphatic imine (C=N–C) groups is 1. The Hall–Kier alpha value is -3.02. The van der Waals surface area contributed by atoms with Crippen LogP contribution in [-0.4, -0.2) is 17.7 Å². The van der Waals surface area contributed by atoms with Gasteiger partial charge in [-0.15, -0.1) is 5.10 Å². The molecule has 22 heavy (non-hydrogen) atoms. The molecule has 0 saturated carbocycles. The quantitative estimate of drug-likeness (QED) is 0.700. The van der Waals surface area contributed by atoms with Gasteiger partial charge < -0.3 is 4.74 Å². The van der Waals surface area contributed by atoms with Crippen LogP contribution in [0.25, 0.3) is 0 Å². The van der Waals surface area contributed by atoms with E-state index in [1.54, 1.807) is 25.1 Å². The summed E-state index contributed by atoms with van der Waals surface area (Å²) in [5.74, 6) is -0.810. The molecule has 110 valence electrons. The number of carbonyl (C=O) groups excluding carboxylic acids is 1. The zero-order chi connectivity index (χ0) is 15.5. The standard InChI is InChI=1S/C16H12FN3O2/c1-10-9-12(7-8-13(10)17)19-20-14-16(21)22-15(18-14)11-5-3-2-4-6-11/h2-9,19H,1H3/b20-14+. The van der Waals surface area contributed by atoms with E-state index in [2.05, 4.69) is 15.5 Å². The van der Waals surface area contributed by atoms with Gasteiger partial charge in [-0.25, -0.2) is 9.18 Å². The summed E-state index contributed by atoms with van der Waals surface area (Å²) in [6.07, 6.45) is 0. The summed E-state index contributed by atoms with van der Waals surface area (Å²) < 4.78 is 18.3. The fourth-order valence-corrected chi connectivity index (χ4v) is 1.90. The third-order valence-electron chi connectivity index (χ3n) is 3.05. The second-order valence-electron chi connectivity index (χ2n) is 4.68. The maximum Gasteiger partial charge on any atom is 0.385 e. The van der Waals surface area contributed by atoms with Crippen molar-refractivity contribution in [3.63, 3.8) is 0 Å². The fraction of sp³-hybridized carbons (Fsp3) is 0.0625. The van der Waals surface area contributed by atoms with Crippen molar-refractivity contribution in [3.05, 3.63) is 65.5 Å². The van der Waals surface area contributed by atoms with Crippen LogP contribution in [0, 0.1) is 12.7 Å². The van der Waals surface area contributed by atoms with Gasteiger partial charge in [0, 0.05) is 5.56 Å². The summed E-state index contributed by atoms with van der Waals surface area (Å²) in [6.45, 7) is 1.64. The van der Waals surface area contributed by atoms with E-state index >= 15 is 0 Å². The Balaban J connectivity index is 1.80. The van der Waals surface area contributed by atoms with Gasteiger partial charge in [0.15, 0.2) is 0 Å². The smallest absolute Gasteiger partial charge is 0.385 e. The Morgan fingerprint density at radius 1 is 1.18 bits per heavy atom. The van der Waals surface area contributed by atoms with Crippen LogP contribution < -0.4 is 5.43 Å². The van der Waals surface area contributed by atoms with Gasteiger partial charge in [0.1, 0.15) is 5.82 Å². The van der Waals surface area contributed by atoms with Crippen LogP contribution in [0.4, 0.5) is 10.1 Å². The van der Waals surface area contributed by atoms with E-state index in [0.29, 0.717) is 16.8 Å². The number of halogens is 1. The van der Waals surface area contributed by atoms with Crippen molar-refractivity contribution in [1.29, 1.82) is 0 Å². The first kappa shape index (κ1) is 13.9. The van der Waals surface area contributed by atoms with Crippen LogP contribution >= 0.6 is 0 Å². The molecule has 0 bridgehead atoms. The Labute approximate surface area is 126 Å². The van der Waals surface area contributed by atoms with Gasteiger partial charge in [-0.2, -0.15) is 4.99 Å². The molecule has 6 heteroatoms. The first-order valence-corrected chi connectivity index (χ1v) is 6.59. The number of anilines is 1. The Morgan fingerprint density at radius 3 is 2.68 bits per heavy atom. The number of hydrogen-bond acceptors (Lipinski definition) is 4. The predicted octanol–water partition coefficient (Wildman–Crippen LogP) is 2.86. The van der Waals surface area contributed by atoms with E-state index in [9.17, 15) is 9.18 Å². The van der Waals surface area contributed by atoms with Gasteiger partial charge in [0.2, 0.25) is 5.90 Å².